The van der Waals surface area contributed by atoms with E-state index in [1.165, 1.54) is 5.56 Å². The highest BCUT2D eigenvalue weighted by Crippen LogP contribution is 2.19. The highest BCUT2D eigenvalue weighted by Gasteiger charge is 2.00. The summed E-state index contributed by atoms with van der Waals surface area (Å²) in [6.45, 7) is 0.820. The average Bonchev–Trinajstić information content (AvgIpc) is 2.42. The summed E-state index contributed by atoms with van der Waals surface area (Å²) in [4.78, 5) is 0. The highest BCUT2D eigenvalue weighted by atomic mass is 14.9. The van der Waals surface area contributed by atoms with E-state index in [4.69, 9.17) is 11.0 Å². The van der Waals surface area contributed by atoms with E-state index in [-0.39, 0.29) is 0 Å². The van der Waals surface area contributed by atoms with Gasteiger partial charge in [0.15, 0.2) is 0 Å². The molecule has 3 N–H and O–H groups in total. The minimum absolute atomic E-state index is 0.584. The minimum atomic E-state index is 0.584. The Bertz CT molecular complexity index is 556. The van der Waals surface area contributed by atoms with Gasteiger partial charge in [-0.2, -0.15) is 5.26 Å². The standard InChI is InChI=1S/C15H15N3/c16-11-13-6-7-15(14(17)10-13)18-9-8-12-4-2-1-3-5-12/h1-7,10,18H,8-9,17H2. The maximum atomic E-state index is 8.75. The van der Waals surface area contributed by atoms with Crippen molar-refractivity contribution in [3.8, 4) is 6.07 Å². The van der Waals surface area contributed by atoms with Crippen LogP contribution in [-0.4, -0.2) is 6.54 Å². The largest absolute Gasteiger partial charge is 0.397 e. The smallest absolute Gasteiger partial charge is 0.0992 e. The van der Waals surface area contributed by atoms with Crippen molar-refractivity contribution in [1.29, 1.82) is 5.26 Å². The number of rotatable bonds is 4. The monoisotopic (exact) mass is 237 g/mol. The summed E-state index contributed by atoms with van der Waals surface area (Å²) in [5.74, 6) is 0. The second-order valence-corrected chi connectivity index (χ2v) is 4.08. The second kappa shape index (κ2) is 5.74. The third-order valence-electron chi connectivity index (χ3n) is 2.75. The van der Waals surface area contributed by atoms with Crippen molar-refractivity contribution in [2.75, 3.05) is 17.6 Å². The Kier molecular flexibility index (Phi) is 3.83. The van der Waals surface area contributed by atoms with Gasteiger partial charge in [-0.25, -0.2) is 0 Å². The second-order valence-electron chi connectivity index (χ2n) is 4.08. The fraction of sp³-hybridized carbons (Fsp3) is 0.133. The molecular formula is C15H15N3. The maximum Gasteiger partial charge on any atom is 0.0992 e. The van der Waals surface area contributed by atoms with Crippen LogP contribution < -0.4 is 11.1 Å². The number of nitriles is 1. The van der Waals surface area contributed by atoms with Gasteiger partial charge in [-0.3, -0.25) is 0 Å². The zero-order valence-electron chi connectivity index (χ0n) is 10.1. The molecule has 0 aliphatic rings. The van der Waals surface area contributed by atoms with Gasteiger partial charge < -0.3 is 11.1 Å². The van der Waals surface area contributed by atoms with Crippen molar-refractivity contribution in [3.05, 3.63) is 59.7 Å². The molecule has 0 heterocycles. The van der Waals surface area contributed by atoms with Gasteiger partial charge in [0.1, 0.15) is 0 Å². The molecule has 0 saturated carbocycles. The fourth-order valence-corrected chi connectivity index (χ4v) is 1.78. The normalized spacial score (nSPS) is 9.72. The summed E-state index contributed by atoms with van der Waals surface area (Å²) < 4.78 is 0. The topological polar surface area (TPSA) is 61.8 Å². The Labute approximate surface area is 107 Å². The zero-order chi connectivity index (χ0) is 12.8. The van der Waals surface area contributed by atoms with Gasteiger partial charge in [0.25, 0.3) is 0 Å². The number of nitrogens with two attached hydrogens (primary N) is 1. The van der Waals surface area contributed by atoms with Gasteiger partial charge in [0.2, 0.25) is 0 Å². The number of benzene rings is 2. The van der Waals surface area contributed by atoms with Crippen LogP contribution in [0.25, 0.3) is 0 Å². The first-order chi connectivity index (χ1) is 8.79. The Morgan fingerprint density at radius 2 is 1.89 bits per heavy atom. The summed E-state index contributed by atoms with van der Waals surface area (Å²) in [6.07, 6.45) is 0.945. The highest BCUT2D eigenvalue weighted by molar-refractivity contribution is 5.68. The lowest BCUT2D eigenvalue weighted by atomic mass is 10.1. The first kappa shape index (κ1) is 12.0. The summed E-state index contributed by atoms with van der Waals surface area (Å²) in [5.41, 5.74) is 9.23. The first-order valence-electron chi connectivity index (χ1n) is 5.87. The quantitative estimate of drug-likeness (QED) is 0.804. The van der Waals surface area contributed by atoms with E-state index < -0.39 is 0 Å². The van der Waals surface area contributed by atoms with Crippen LogP contribution in [0, 0.1) is 11.3 Å². The number of nitrogen functional groups attached to an aromatic ring is 1. The molecule has 18 heavy (non-hydrogen) atoms. The lowest BCUT2D eigenvalue weighted by Gasteiger charge is -2.09. The molecule has 3 heteroatoms. The number of hydrogen-bond donors (Lipinski definition) is 2. The van der Waals surface area contributed by atoms with E-state index in [1.54, 1.807) is 12.1 Å². The Balaban J connectivity index is 1.93. The Morgan fingerprint density at radius 3 is 2.56 bits per heavy atom. The summed E-state index contributed by atoms with van der Waals surface area (Å²) in [5, 5.41) is 12.0. The van der Waals surface area contributed by atoms with E-state index in [0.29, 0.717) is 11.3 Å². The molecule has 0 aromatic heterocycles. The minimum Gasteiger partial charge on any atom is -0.397 e. The maximum absolute atomic E-state index is 8.75. The van der Waals surface area contributed by atoms with E-state index in [0.717, 1.165) is 18.7 Å². The van der Waals surface area contributed by atoms with Crippen molar-refractivity contribution in [2.24, 2.45) is 0 Å². The molecule has 2 aromatic rings. The van der Waals surface area contributed by atoms with Crippen molar-refractivity contribution in [1.82, 2.24) is 0 Å². The fourth-order valence-electron chi connectivity index (χ4n) is 1.78. The molecule has 0 saturated heterocycles. The van der Waals surface area contributed by atoms with Gasteiger partial charge in [-0.1, -0.05) is 30.3 Å². The van der Waals surface area contributed by atoms with E-state index in [1.807, 2.05) is 24.3 Å². The van der Waals surface area contributed by atoms with Gasteiger partial charge >= 0.3 is 0 Å². The molecule has 2 rings (SSSR count). The lowest BCUT2D eigenvalue weighted by molar-refractivity contribution is 1.02. The van der Waals surface area contributed by atoms with Crippen LogP contribution in [0.3, 0.4) is 0 Å². The number of nitrogens with one attached hydrogen (secondary N) is 1. The molecule has 0 radical (unpaired) electrons. The average molecular weight is 237 g/mol. The summed E-state index contributed by atoms with van der Waals surface area (Å²) in [7, 11) is 0. The SMILES string of the molecule is N#Cc1ccc(NCCc2ccccc2)c(N)c1. The van der Waals surface area contributed by atoms with Crippen LogP contribution in [0.15, 0.2) is 48.5 Å². The summed E-state index contributed by atoms with van der Waals surface area (Å²) in [6, 6.07) is 17.6. The predicted octanol–water partition coefficient (Wildman–Crippen LogP) is 2.80. The molecule has 0 atom stereocenters. The third kappa shape index (κ3) is 3.02. The van der Waals surface area contributed by atoms with Crippen molar-refractivity contribution in [2.45, 2.75) is 6.42 Å². The van der Waals surface area contributed by atoms with E-state index >= 15 is 0 Å². The van der Waals surface area contributed by atoms with Crippen molar-refractivity contribution >= 4 is 11.4 Å². The number of hydrogen-bond acceptors (Lipinski definition) is 3. The molecular weight excluding hydrogens is 222 g/mol. The van der Waals surface area contributed by atoms with Gasteiger partial charge in [-0.05, 0) is 30.2 Å². The Hall–Kier alpha value is -2.47. The molecule has 90 valence electrons. The Morgan fingerprint density at radius 1 is 1.11 bits per heavy atom. The predicted molar refractivity (Wildman–Crippen MR) is 74.2 cm³/mol. The van der Waals surface area contributed by atoms with Crippen LogP contribution in [-0.2, 0) is 6.42 Å². The van der Waals surface area contributed by atoms with Crippen LogP contribution in [0.1, 0.15) is 11.1 Å². The molecule has 0 bridgehead atoms. The molecule has 0 aliphatic carbocycles. The number of nitrogens with zero attached hydrogens (tertiary/aromatic N) is 1. The van der Waals surface area contributed by atoms with Gasteiger partial charge in [0.05, 0.1) is 23.0 Å². The van der Waals surface area contributed by atoms with Gasteiger partial charge in [0, 0.05) is 6.54 Å². The van der Waals surface area contributed by atoms with Crippen LogP contribution in [0.5, 0.6) is 0 Å². The molecule has 0 aliphatic heterocycles. The molecule has 2 aromatic carbocycles. The van der Waals surface area contributed by atoms with Crippen LogP contribution in [0.4, 0.5) is 11.4 Å². The van der Waals surface area contributed by atoms with E-state index in [2.05, 4.69) is 23.5 Å². The van der Waals surface area contributed by atoms with Crippen LogP contribution in [0.2, 0.25) is 0 Å². The van der Waals surface area contributed by atoms with Gasteiger partial charge in [-0.15, -0.1) is 0 Å². The van der Waals surface area contributed by atoms with Crippen molar-refractivity contribution in [3.63, 3.8) is 0 Å². The molecule has 0 fully saturated rings. The van der Waals surface area contributed by atoms with Crippen molar-refractivity contribution < 1.29 is 0 Å². The molecule has 0 unspecified atom stereocenters. The lowest BCUT2D eigenvalue weighted by Crippen LogP contribution is -2.06. The molecule has 3 nitrogen and oxygen atoms in total. The van der Waals surface area contributed by atoms with E-state index in [9.17, 15) is 0 Å². The molecule has 0 amide bonds. The molecule has 0 spiro atoms. The van der Waals surface area contributed by atoms with Crippen LogP contribution >= 0.6 is 0 Å². The first-order valence-corrected chi connectivity index (χ1v) is 5.87. The third-order valence-corrected chi connectivity index (χ3v) is 2.75. The zero-order valence-corrected chi connectivity index (χ0v) is 10.1. The number of anilines is 2. The summed E-state index contributed by atoms with van der Waals surface area (Å²) >= 11 is 0.